The van der Waals surface area contributed by atoms with Crippen molar-refractivity contribution in [1.29, 1.82) is 0 Å². The van der Waals surface area contributed by atoms with E-state index in [1.54, 1.807) is 0 Å². The molecule has 178 valence electrons. The van der Waals surface area contributed by atoms with Crippen molar-refractivity contribution in [3.8, 4) is 34.4 Å². The Morgan fingerprint density at radius 1 is 0.857 bits per heavy atom. The number of fused-ring (bicyclic) bond motifs is 1. The number of hydrogen-bond acceptors (Lipinski definition) is 6. The van der Waals surface area contributed by atoms with Crippen molar-refractivity contribution in [3.05, 3.63) is 83.4 Å². The zero-order chi connectivity index (χ0) is 24.2. The molecule has 0 atom stereocenters. The number of nitrogens with zero attached hydrogens (tertiary/aromatic N) is 3. The molecule has 3 aromatic carbocycles. The summed E-state index contributed by atoms with van der Waals surface area (Å²) in [6.45, 7) is 6.23. The molecule has 4 aromatic rings. The molecule has 0 radical (unpaired) electrons. The minimum atomic E-state index is -0.00968. The molecule has 35 heavy (non-hydrogen) atoms. The molecule has 0 bridgehead atoms. The smallest absolute Gasteiger partial charge is 0.254 e. The zero-order valence-electron chi connectivity index (χ0n) is 19.9. The van der Waals surface area contributed by atoms with Crippen molar-refractivity contribution in [1.82, 2.24) is 15.1 Å². The highest BCUT2D eigenvalue weighted by Crippen LogP contribution is 2.34. The van der Waals surface area contributed by atoms with Crippen LogP contribution in [0.3, 0.4) is 0 Å². The maximum Gasteiger partial charge on any atom is 0.254 e. The third kappa shape index (κ3) is 4.75. The highest BCUT2D eigenvalue weighted by atomic mass is 16.5. The molecule has 1 aliphatic rings. The van der Waals surface area contributed by atoms with Crippen LogP contribution in [0.4, 0.5) is 0 Å². The minimum Gasteiger partial charge on any atom is -0.490 e. The second kappa shape index (κ2) is 10.0. The Kier molecular flexibility index (Phi) is 6.48. The summed E-state index contributed by atoms with van der Waals surface area (Å²) in [5, 5.41) is 8.30. The number of carbonyl (C=O) groups is 1. The Morgan fingerprint density at radius 2 is 1.46 bits per heavy atom. The summed E-state index contributed by atoms with van der Waals surface area (Å²) in [6.07, 6.45) is 0.774. The molecule has 1 aliphatic heterocycles. The number of ether oxygens (including phenoxy) is 2. The summed E-state index contributed by atoms with van der Waals surface area (Å²) in [7, 11) is 0. The fourth-order valence-corrected chi connectivity index (χ4v) is 4.25. The molecule has 0 saturated carbocycles. The molecule has 7 nitrogen and oxygen atoms in total. The monoisotopic (exact) mass is 469 g/mol. The second-order valence-electron chi connectivity index (χ2n) is 8.27. The summed E-state index contributed by atoms with van der Waals surface area (Å²) >= 11 is 0. The van der Waals surface area contributed by atoms with Crippen LogP contribution in [0.2, 0.25) is 0 Å². The summed E-state index contributed by atoms with van der Waals surface area (Å²) in [6, 6.07) is 21.0. The van der Waals surface area contributed by atoms with E-state index in [0.717, 1.165) is 34.6 Å². The van der Waals surface area contributed by atoms with Crippen LogP contribution in [0.15, 0.2) is 71.1 Å². The molecule has 5 rings (SSSR count). The average Bonchev–Trinajstić information content (AvgIpc) is 3.40. The fourth-order valence-electron chi connectivity index (χ4n) is 4.25. The fraction of sp³-hybridized carbons (Fsp3) is 0.250. The molecular formula is C28H27N3O4. The van der Waals surface area contributed by atoms with Gasteiger partial charge in [-0.1, -0.05) is 18.2 Å². The normalized spacial score (nSPS) is 12.8. The van der Waals surface area contributed by atoms with Gasteiger partial charge in [0.15, 0.2) is 11.5 Å². The van der Waals surface area contributed by atoms with E-state index in [0.29, 0.717) is 43.6 Å². The van der Waals surface area contributed by atoms with Crippen molar-refractivity contribution in [2.75, 3.05) is 19.8 Å². The van der Waals surface area contributed by atoms with E-state index < -0.39 is 0 Å². The number of benzene rings is 3. The van der Waals surface area contributed by atoms with E-state index in [4.69, 9.17) is 13.9 Å². The summed E-state index contributed by atoms with van der Waals surface area (Å²) in [5.74, 6) is 2.36. The Balaban J connectivity index is 1.31. The first-order chi connectivity index (χ1) is 17.2. The van der Waals surface area contributed by atoms with Gasteiger partial charge in [-0.3, -0.25) is 4.79 Å². The van der Waals surface area contributed by atoms with Gasteiger partial charge in [-0.2, -0.15) is 0 Å². The van der Waals surface area contributed by atoms with Crippen molar-refractivity contribution in [3.63, 3.8) is 0 Å². The van der Waals surface area contributed by atoms with Crippen LogP contribution in [0.1, 0.15) is 35.3 Å². The molecule has 7 heteroatoms. The molecule has 0 unspecified atom stereocenters. The van der Waals surface area contributed by atoms with Crippen molar-refractivity contribution in [2.45, 2.75) is 26.8 Å². The number of aromatic nitrogens is 2. The van der Waals surface area contributed by atoms with Gasteiger partial charge in [0.25, 0.3) is 5.91 Å². The molecule has 0 saturated heterocycles. The van der Waals surface area contributed by atoms with Crippen LogP contribution < -0.4 is 9.47 Å². The summed E-state index contributed by atoms with van der Waals surface area (Å²) < 4.78 is 17.4. The van der Waals surface area contributed by atoms with E-state index in [1.165, 1.54) is 5.56 Å². The van der Waals surface area contributed by atoms with Gasteiger partial charge in [0.1, 0.15) is 0 Å². The zero-order valence-corrected chi connectivity index (χ0v) is 19.9. The number of rotatable bonds is 7. The maximum absolute atomic E-state index is 13.2. The Morgan fingerprint density at radius 3 is 2.09 bits per heavy atom. The second-order valence-corrected chi connectivity index (χ2v) is 8.27. The van der Waals surface area contributed by atoms with E-state index >= 15 is 0 Å². The lowest BCUT2D eigenvalue weighted by atomic mass is 9.98. The van der Waals surface area contributed by atoms with Gasteiger partial charge in [-0.15, -0.1) is 10.2 Å². The van der Waals surface area contributed by atoms with Gasteiger partial charge in [0.2, 0.25) is 11.8 Å². The Hall–Kier alpha value is -4.13. The SMILES string of the molecule is CCOc1cc2c(cc1OCC)CN(C(=O)c1ccc(-c3nnc(-c4ccccc4)o3)cc1)CC2. The van der Waals surface area contributed by atoms with Gasteiger partial charge in [-0.05, 0) is 79.9 Å². The standard InChI is InChI=1S/C28H27N3O4/c1-3-33-24-16-22-14-15-31(18-23(22)17-25(24)34-4-2)28(32)21-12-10-20(11-13-21)27-30-29-26(35-27)19-8-6-5-7-9-19/h5-13,16-17H,3-4,14-15,18H2,1-2H3. The summed E-state index contributed by atoms with van der Waals surface area (Å²) in [4.78, 5) is 15.1. The third-order valence-electron chi connectivity index (χ3n) is 5.99. The Bertz CT molecular complexity index is 1320. The van der Waals surface area contributed by atoms with Crippen molar-refractivity contribution in [2.24, 2.45) is 0 Å². The molecule has 1 aromatic heterocycles. The summed E-state index contributed by atoms with van der Waals surface area (Å²) in [5.41, 5.74) is 4.54. The Labute approximate surface area is 204 Å². The minimum absolute atomic E-state index is 0.00968. The molecule has 0 fully saturated rings. The lowest BCUT2D eigenvalue weighted by molar-refractivity contribution is 0.0734. The molecule has 0 spiro atoms. The van der Waals surface area contributed by atoms with E-state index in [2.05, 4.69) is 16.3 Å². The third-order valence-corrected chi connectivity index (χ3v) is 5.99. The number of amides is 1. The van der Waals surface area contributed by atoms with Crippen molar-refractivity contribution < 1.29 is 18.7 Å². The van der Waals surface area contributed by atoms with Crippen LogP contribution >= 0.6 is 0 Å². The molecule has 2 heterocycles. The molecule has 1 amide bonds. The average molecular weight is 470 g/mol. The number of hydrogen-bond donors (Lipinski definition) is 0. The highest BCUT2D eigenvalue weighted by molar-refractivity contribution is 5.94. The first kappa shape index (κ1) is 22.7. The quantitative estimate of drug-likeness (QED) is 0.361. The largest absolute Gasteiger partial charge is 0.490 e. The molecular weight excluding hydrogens is 442 g/mol. The van der Waals surface area contributed by atoms with Crippen molar-refractivity contribution >= 4 is 5.91 Å². The lowest BCUT2D eigenvalue weighted by Crippen LogP contribution is -2.36. The van der Waals surface area contributed by atoms with Crippen LogP contribution in [0.5, 0.6) is 11.5 Å². The molecule has 0 N–H and O–H groups in total. The van der Waals surface area contributed by atoms with Crippen LogP contribution in [0.25, 0.3) is 22.9 Å². The van der Waals surface area contributed by atoms with Gasteiger partial charge < -0.3 is 18.8 Å². The predicted molar refractivity (Wildman–Crippen MR) is 132 cm³/mol. The van der Waals surface area contributed by atoms with Gasteiger partial charge in [0.05, 0.1) is 13.2 Å². The van der Waals surface area contributed by atoms with Crippen LogP contribution in [0, 0.1) is 0 Å². The van der Waals surface area contributed by atoms with E-state index in [9.17, 15) is 4.79 Å². The van der Waals surface area contributed by atoms with Crippen LogP contribution in [-0.4, -0.2) is 40.8 Å². The van der Waals surface area contributed by atoms with E-state index in [-0.39, 0.29) is 5.91 Å². The van der Waals surface area contributed by atoms with Crippen LogP contribution in [-0.2, 0) is 13.0 Å². The highest BCUT2D eigenvalue weighted by Gasteiger charge is 2.24. The topological polar surface area (TPSA) is 77.7 Å². The number of carbonyl (C=O) groups excluding carboxylic acids is 1. The maximum atomic E-state index is 13.2. The van der Waals surface area contributed by atoms with E-state index in [1.807, 2.05) is 79.4 Å². The first-order valence-corrected chi connectivity index (χ1v) is 11.9. The predicted octanol–water partition coefficient (Wildman–Crippen LogP) is 5.40. The lowest BCUT2D eigenvalue weighted by Gasteiger charge is -2.30. The first-order valence-electron chi connectivity index (χ1n) is 11.9. The van der Waals surface area contributed by atoms with Gasteiger partial charge >= 0.3 is 0 Å². The van der Waals surface area contributed by atoms with Gasteiger partial charge in [-0.25, -0.2) is 0 Å². The molecule has 0 aliphatic carbocycles. The van der Waals surface area contributed by atoms with Gasteiger partial charge in [0, 0.05) is 29.8 Å².